The Labute approximate surface area is 217 Å². The summed E-state index contributed by atoms with van der Waals surface area (Å²) in [6.07, 6.45) is 22.3. The van der Waals surface area contributed by atoms with Crippen molar-refractivity contribution in [1.82, 2.24) is 9.88 Å². The van der Waals surface area contributed by atoms with E-state index in [9.17, 15) is 10.5 Å². The lowest BCUT2D eigenvalue weighted by Gasteiger charge is -2.38. The minimum atomic E-state index is 0.117. The Morgan fingerprint density at radius 3 is 2.57 bits per heavy atom. The van der Waals surface area contributed by atoms with Gasteiger partial charge in [-0.1, -0.05) is 60.7 Å². The third-order valence-electron chi connectivity index (χ3n) is 7.39. The third kappa shape index (κ3) is 4.18. The maximum atomic E-state index is 9.72. The summed E-state index contributed by atoms with van der Waals surface area (Å²) in [6, 6.07) is 18.6. The largest absolute Gasteiger partial charge is 0.337 e. The number of nitriles is 2. The van der Waals surface area contributed by atoms with Crippen molar-refractivity contribution in [3.05, 3.63) is 130 Å². The van der Waals surface area contributed by atoms with Crippen molar-refractivity contribution < 1.29 is 0 Å². The molecule has 2 bridgehead atoms. The summed E-state index contributed by atoms with van der Waals surface area (Å²) in [7, 11) is 0. The van der Waals surface area contributed by atoms with E-state index < -0.39 is 0 Å². The average Bonchev–Trinajstić information content (AvgIpc) is 3.06. The van der Waals surface area contributed by atoms with Gasteiger partial charge in [0.25, 0.3) is 0 Å². The number of pyridine rings is 1. The summed E-state index contributed by atoms with van der Waals surface area (Å²) in [5.41, 5.74) is 10.3. The van der Waals surface area contributed by atoms with E-state index in [0.717, 1.165) is 48.9 Å². The summed E-state index contributed by atoms with van der Waals surface area (Å²) in [6.45, 7) is 0. The zero-order valence-electron chi connectivity index (χ0n) is 20.6. The van der Waals surface area contributed by atoms with Gasteiger partial charge in [-0.25, -0.2) is 4.98 Å². The highest BCUT2D eigenvalue weighted by Gasteiger charge is 2.31. The summed E-state index contributed by atoms with van der Waals surface area (Å²) in [5.74, 6) is 0. The van der Waals surface area contributed by atoms with Gasteiger partial charge in [0.15, 0.2) is 0 Å². The number of rotatable bonds is 3. The minimum Gasteiger partial charge on any atom is -0.337 e. The molecule has 0 radical (unpaired) electrons. The van der Waals surface area contributed by atoms with E-state index in [1.54, 1.807) is 6.07 Å². The van der Waals surface area contributed by atoms with E-state index in [1.807, 2.05) is 30.4 Å². The highest BCUT2D eigenvalue weighted by molar-refractivity contribution is 5.87. The molecule has 1 unspecified atom stereocenters. The molecule has 1 aromatic carbocycles. The predicted octanol–water partition coefficient (Wildman–Crippen LogP) is 7.31. The van der Waals surface area contributed by atoms with Gasteiger partial charge in [-0.15, -0.1) is 0 Å². The van der Waals surface area contributed by atoms with Crippen LogP contribution in [0.3, 0.4) is 0 Å². The first-order valence-electron chi connectivity index (χ1n) is 12.8. The zero-order valence-corrected chi connectivity index (χ0v) is 20.6. The lowest BCUT2D eigenvalue weighted by molar-refractivity contribution is 0.360. The number of benzene rings is 1. The van der Waals surface area contributed by atoms with Crippen LogP contribution in [0.5, 0.6) is 0 Å². The van der Waals surface area contributed by atoms with Crippen molar-refractivity contribution in [2.45, 2.75) is 38.1 Å². The van der Waals surface area contributed by atoms with Crippen LogP contribution in [0.4, 0.5) is 0 Å². The molecule has 37 heavy (non-hydrogen) atoms. The van der Waals surface area contributed by atoms with Crippen molar-refractivity contribution in [3.8, 4) is 23.4 Å². The second-order valence-corrected chi connectivity index (χ2v) is 9.57. The van der Waals surface area contributed by atoms with Crippen LogP contribution in [-0.2, 0) is 0 Å². The molecule has 4 nitrogen and oxygen atoms in total. The Hall–Kier alpha value is -4.67. The molecular weight excluding hydrogens is 452 g/mol. The van der Waals surface area contributed by atoms with Gasteiger partial charge in [-0.05, 0) is 79.2 Å². The number of aromatic nitrogens is 1. The highest BCUT2D eigenvalue weighted by Crippen LogP contribution is 2.43. The standard InChI is InChI=1S/C33H26N4/c34-21-23-16-18-26-19-17-24(20-23)27-9-3-5-14-32(27)37(26)33-15-6-4-12-30(33)28-10-1-2-11-29(28)31-13-7-8-25(22-35)36-31/h1-2,4-5,7-8,10-14,16-18,20,26H,3,6,9,15,19H2. The van der Waals surface area contributed by atoms with Crippen LogP contribution in [0, 0.1) is 22.7 Å². The van der Waals surface area contributed by atoms with Gasteiger partial charge in [0.2, 0.25) is 0 Å². The van der Waals surface area contributed by atoms with Gasteiger partial charge in [0.1, 0.15) is 11.8 Å². The Morgan fingerprint density at radius 1 is 0.865 bits per heavy atom. The van der Waals surface area contributed by atoms with Crippen LogP contribution < -0.4 is 0 Å². The van der Waals surface area contributed by atoms with Gasteiger partial charge in [0.05, 0.1) is 23.4 Å². The van der Waals surface area contributed by atoms with E-state index >= 15 is 0 Å². The van der Waals surface area contributed by atoms with Crippen molar-refractivity contribution in [1.29, 1.82) is 10.5 Å². The molecule has 0 saturated heterocycles. The molecule has 1 aromatic heterocycles. The second-order valence-electron chi connectivity index (χ2n) is 9.57. The highest BCUT2D eigenvalue weighted by atomic mass is 15.2. The molecule has 0 fully saturated rings. The van der Waals surface area contributed by atoms with Crippen LogP contribution in [-0.4, -0.2) is 15.9 Å². The van der Waals surface area contributed by atoms with Gasteiger partial charge in [-0.3, -0.25) is 0 Å². The monoisotopic (exact) mass is 478 g/mol. The molecule has 178 valence electrons. The molecule has 4 heteroatoms. The molecule has 3 aliphatic carbocycles. The third-order valence-corrected chi connectivity index (χ3v) is 7.39. The lowest BCUT2D eigenvalue weighted by Crippen LogP contribution is -2.33. The van der Waals surface area contributed by atoms with Gasteiger partial charge in [0, 0.05) is 22.5 Å². The van der Waals surface area contributed by atoms with Crippen LogP contribution in [0.15, 0.2) is 119 Å². The fourth-order valence-corrected chi connectivity index (χ4v) is 5.72. The number of nitrogens with zero attached hydrogens (tertiary/aromatic N) is 4. The second kappa shape index (κ2) is 9.76. The van der Waals surface area contributed by atoms with Crippen molar-refractivity contribution in [3.63, 3.8) is 0 Å². The van der Waals surface area contributed by atoms with Crippen LogP contribution in [0.25, 0.3) is 16.8 Å². The molecule has 1 atom stereocenters. The van der Waals surface area contributed by atoms with E-state index in [0.29, 0.717) is 11.3 Å². The maximum Gasteiger partial charge on any atom is 0.141 e. The van der Waals surface area contributed by atoms with Crippen molar-refractivity contribution in [2.24, 2.45) is 0 Å². The van der Waals surface area contributed by atoms with Gasteiger partial charge < -0.3 is 4.90 Å². The molecule has 1 aliphatic heterocycles. The van der Waals surface area contributed by atoms with E-state index in [4.69, 9.17) is 0 Å². The number of hydrogen-bond acceptors (Lipinski definition) is 4. The van der Waals surface area contributed by atoms with E-state index in [1.165, 1.54) is 28.1 Å². The Kier molecular flexibility index (Phi) is 6.01. The molecule has 0 saturated carbocycles. The topological polar surface area (TPSA) is 63.7 Å². The molecule has 4 aliphatic rings. The van der Waals surface area contributed by atoms with Crippen LogP contribution in [0.2, 0.25) is 0 Å². The molecule has 0 N–H and O–H groups in total. The summed E-state index contributed by atoms with van der Waals surface area (Å²) in [5, 5.41) is 19.2. The summed E-state index contributed by atoms with van der Waals surface area (Å²) in [4.78, 5) is 7.14. The van der Waals surface area contributed by atoms with Crippen LogP contribution >= 0.6 is 0 Å². The van der Waals surface area contributed by atoms with Crippen molar-refractivity contribution >= 4 is 5.57 Å². The van der Waals surface area contributed by atoms with E-state index in [-0.39, 0.29) is 6.04 Å². The Morgan fingerprint density at radius 2 is 1.70 bits per heavy atom. The quantitative estimate of drug-likeness (QED) is 0.464. The smallest absolute Gasteiger partial charge is 0.141 e. The first-order valence-corrected chi connectivity index (χ1v) is 12.8. The van der Waals surface area contributed by atoms with Crippen molar-refractivity contribution in [2.75, 3.05) is 0 Å². The Bertz CT molecular complexity index is 1580. The first-order chi connectivity index (χ1) is 18.3. The maximum absolute atomic E-state index is 9.72. The zero-order chi connectivity index (χ0) is 25.2. The van der Waals surface area contributed by atoms with E-state index in [2.05, 4.69) is 76.7 Å². The Balaban J connectivity index is 1.57. The SMILES string of the molecule is N#CC1=CC2=CCC(C=C1)N(C1=C(c3ccccc3-c3cccc(C#N)n3)C=CCC1)C1=C2CCC=C1. The van der Waals surface area contributed by atoms with Gasteiger partial charge >= 0.3 is 0 Å². The minimum absolute atomic E-state index is 0.117. The lowest BCUT2D eigenvalue weighted by atomic mass is 9.89. The molecule has 6 rings (SSSR count). The fourth-order valence-electron chi connectivity index (χ4n) is 5.72. The van der Waals surface area contributed by atoms with Crippen LogP contribution in [0.1, 0.15) is 43.4 Å². The number of fused-ring (bicyclic) bond motifs is 3. The number of allylic oxidation sites excluding steroid dienone is 11. The first kappa shape index (κ1) is 22.8. The molecule has 2 heterocycles. The van der Waals surface area contributed by atoms with Gasteiger partial charge in [-0.2, -0.15) is 10.5 Å². The molecular formula is C33H26N4. The molecule has 0 amide bonds. The molecule has 0 spiro atoms. The summed E-state index contributed by atoms with van der Waals surface area (Å²) >= 11 is 0. The summed E-state index contributed by atoms with van der Waals surface area (Å²) < 4.78 is 0. The molecule has 2 aromatic rings. The normalized spacial score (nSPS) is 20.4. The average molecular weight is 479 g/mol. The predicted molar refractivity (Wildman–Crippen MR) is 146 cm³/mol. The fraction of sp³-hybridized carbons (Fsp3) is 0.182. The number of hydrogen-bond donors (Lipinski definition) is 0.